The molecule has 1 N–H and O–H groups in total. The zero-order chi connectivity index (χ0) is 24.3. The summed E-state index contributed by atoms with van der Waals surface area (Å²) in [6.07, 6.45) is 1.17. The zero-order valence-electron chi connectivity index (χ0n) is 19.6. The van der Waals surface area contributed by atoms with Crippen LogP contribution in [0.1, 0.15) is 31.4 Å². The number of halogens is 1. The summed E-state index contributed by atoms with van der Waals surface area (Å²) in [4.78, 5) is 28.5. The zero-order valence-corrected chi connectivity index (χ0v) is 20.4. The molecule has 0 saturated heterocycles. The van der Waals surface area contributed by atoms with E-state index in [-0.39, 0.29) is 31.0 Å². The molecule has 6 heteroatoms. The fraction of sp³-hybridized carbons (Fsp3) is 0.286. The molecule has 0 aliphatic heterocycles. The maximum absolute atomic E-state index is 13.5. The first kappa shape index (κ1) is 25.3. The molecular formula is C28H31ClN2O3. The normalized spacial score (nSPS) is 12.4. The highest BCUT2D eigenvalue weighted by Gasteiger charge is 2.31. The minimum absolute atomic E-state index is 0.0105. The molecule has 3 aromatic carbocycles. The van der Waals surface area contributed by atoms with Gasteiger partial charge in [-0.05, 0) is 42.7 Å². The van der Waals surface area contributed by atoms with Gasteiger partial charge < -0.3 is 15.0 Å². The van der Waals surface area contributed by atoms with E-state index >= 15 is 0 Å². The summed E-state index contributed by atoms with van der Waals surface area (Å²) in [5.41, 5.74) is 1.74. The first-order valence-electron chi connectivity index (χ1n) is 11.5. The van der Waals surface area contributed by atoms with Gasteiger partial charge in [0.2, 0.25) is 5.91 Å². The van der Waals surface area contributed by atoms with Gasteiger partial charge >= 0.3 is 0 Å². The highest BCUT2D eigenvalue weighted by Crippen LogP contribution is 2.21. The van der Waals surface area contributed by atoms with E-state index in [4.69, 9.17) is 16.3 Å². The second-order valence-electron chi connectivity index (χ2n) is 8.24. The number of carbonyl (C=O) groups excluding carboxylic acids is 2. The first-order valence-corrected chi connectivity index (χ1v) is 11.9. The smallest absolute Gasteiger partial charge is 0.261 e. The quantitative estimate of drug-likeness (QED) is 0.408. The molecule has 2 amide bonds. The number of hydrogen-bond donors (Lipinski definition) is 1. The lowest BCUT2D eigenvalue weighted by molar-refractivity contribution is -0.143. The molecule has 5 nitrogen and oxygen atoms in total. The van der Waals surface area contributed by atoms with Gasteiger partial charge in [-0.1, -0.05) is 85.3 Å². The lowest BCUT2D eigenvalue weighted by atomic mass is 10.0. The summed E-state index contributed by atoms with van der Waals surface area (Å²) >= 11 is 6.43. The molecular weight excluding hydrogens is 448 g/mol. The second-order valence-corrected chi connectivity index (χ2v) is 8.65. The van der Waals surface area contributed by atoms with E-state index in [1.165, 1.54) is 0 Å². The van der Waals surface area contributed by atoms with Gasteiger partial charge in [-0.3, -0.25) is 9.59 Å². The summed E-state index contributed by atoms with van der Waals surface area (Å²) in [7, 11) is 0. The van der Waals surface area contributed by atoms with E-state index in [0.29, 0.717) is 17.2 Å². The van der Waals surface area contributed by atoms with Gasteiger partial charge in [-0.15, -0.1) is 0 Å². The highest BCUT2D eigenvalue weighted by molar-refractivity contribution is 6.31. The van der Waals surface area contributed by atoms with Crippen molar-refractivity contribution < 1.29 is 14.3 Å². The fourth-order valence-corrected chi connectivity index (χ4v) is 3.75. The van der Waals surface area contributed by atoms with Crippen molar-refractivity contribution in [2.24, 2.45) is 0 Å². The third-order valence-electron chi connectivity index (χ3n) is 5.68. The third-order valence-corrected chi connectivity index (χ3v) is 6.04. The van der Waals surface area contributed by atoms with Gasteiger partial charge in [-0.25, -0.2) is 0 Å². The minimum atomic E-state index is -0.723. The average molecular weight is 479 g/mol. The Labute approximate surface area is 206 Å². The molecule has 0 spiro atoms. The van der Waals surface area contributed by atoms with E-state index in [9.17, 15) is 9.59 Å². The monoisotopic (exact) mass is 478 g/mol. The van der Waals surface area contributed by atoms with E-state index < -0.39 is 6.04 Å². The summed E-state index contributed by atoms with van der Waals surface area (Å²) in [6.45, 7) is 3.98. The minimum Gasteiger partial charge on any atom is -0.484 e. The van der Waals surface area contributed by atoms with Crippen LogP contribution in [0, 0.1) is 0 Å². The Hall–Kier alpha value is -3.31. The Morgan fingerprint density at radius 2 is 1.56 bits per heavy atom. The summed E-state index contributed by atoms with van der Waals surface area (Å²) in [5.74, 6) is 0.111. The van der Waals surface area contributed by atoms with Gasteiger partial charge in [-0.2, -0.15) is 0 Å². The van der Waals surface area contributed by atoms with Gasteiger partial charge in [0.1, 0.15) is 11.8 Å². The number of ether oxygens (including phenoxy) is 1. The van der Waals surface area contributed by atoms with Crippen LogP contribution in [0.5, 0.6) is 5.75 Å². The SMILES string of the molecule is CC[C@H](C)NC(=O)[C@@H](Cc1ccccc1)N(Cc1ccccc1Cl)C(=O)COc1ccccc1. The molecule has 0 aromatic heterocycles. The van der Waals surface area contributed by atoms with Crippen LogP contribution in [-0.2, 0) is 22.6 Å². The number of rotatable bonds is 11. The maximum atomic E-state index is 13.5. The number of amides is 2. The Bertz CT molecular complexity index is 1060. The molecule has 0 heterocycles. The standard InChI is InChI=1S/C28H31ClN2O3/c1-3-21(2)30-28(33)26(18-22-12-6-4-7-13-22)31(19-23-14-10-11-17-25(23)29)27(32)20-34-24-15-8-5-9-16-24/h4-17,21,26H,3,18-20H2,1-2H3,(H,30,33)/t21-,26+/m0/s1. The van der Waals surface area contributed by atoms with Gasteiger partial charge in [0, 0.05) is 24.0 Å². The molecule has 0 unspecified atom stereocenters. The molecule has 0 saturated carbocycles. The number of carbonyl (C=O) groups is 2. The molecule has 34 heavy (non-hydrogen) atoms. The number of hydrogen-bond acceptors (Lipinski definition) is 3. The Morgan fingerprint density at radius 1 is 0.941 bits per heavy atom. The lowest BCUT2D eigenvalue weighted by Crippen LogP contribution is -2.53. The average Bonchev–Trinajstić information content (AvgIpc) is 2.86. The van der Waals surface area contributed by atoms with Crippen LogP contribution >= 0.6 is 11.6 Å². The Balaban J connectivity index is 1.92. The van der Waals surface area contributed by atoms with E-state index in [0.717, 1.165) is 17.5 Å². The largest absolute Gasteiger partial charge is 0.484 e. The number of para-hydroxylation sites is 1. The molecule has 2 atom stereocenters. The number of nitrogens with zero attached hydrogens (tertiary/aromatic N) is 1. The first-order chi connectivity index (χ1) is 16.5. The van der Waals surface area contributed by atoms with Crippen molar-refractivity contribution in [1.29, 1.82) is 0 Å². The van der Waals surface area contributed by atoms with Crippen molar-refractivity contribution in [3.8, 4) is 5.75 Å². The molecule has 3 aromatic rings. The topological polar surface area (TPSA) is 58.6 Å². The Kier molecular flexibility index (Phi) is 9.53. The third kappa shape index (κ3) is 7.35. The molecule has 178 valence electrons. The molecule has 0 fully saturated rings. The van der Waals surface area contributed by atoms with Gasteiger partial charge in [0.15, 0.2) is 6.61 Å². The number of benzene rings is 3. The van der Waals surface area contributed by atoms with Crippen molar-refractivity contribution in [3.05, 3.63) is 101 Å². The molecule has 0 radical (unpaired) electrons. The van der Waals surface area contributed by atoms with Crippen LogP contribution in [-0.4, -0.2) is 35.4 Å². The van der Waals surface area contributed by atoms with Crippen LogP contribution in [0.4, 0.5) is 0 Å². The maximum Gasteiger partial charge on any atom is 0.261 e. The van der Waals surface area contributed by atoms with Crippen LogP contribution in [0.3, 0.4) is 0 Å². The highest BCUT2D eigenvalue weighted by atomic mass is 35.5. The molecule has 0 aliphatic carbocycles. The Morgan fingerprint density at radius 3 is 2.21 bits per heavy atom. The van der Waals surface area contributed by atoms with E-state index in [1.807, 2.05) is 80.6 Å². The van der Waals surface area contributed by atoms with E-state index in [1.54, 1.807) is 23.1 Å². The van der Waals surface area contributed by atoms with Crippen LogP contribution in [0.2, 0.25) is 5.02 Å². The van der Waals surface area contributed by atoms with Crippen molar-refractivity contribution in [2.75, 3.05) is 6.61 Å². The van der Waals surface area contributed by atoms with Crippen molar-refractivity contribution >= 4 is 23.4 Å². The van der Waals surface area contributed by atoms with Crippen LogP contribution in [0.15, 0.2) is 84.9 Å². The van der Waals surface area contributed by atoms with E-state index in [2.05, 4.69) is 5.32 Å². The van der Waals surface area contributed by atoms with Crippen LogP contribution < -0.4 is 10.1 Å². The summed E-state index contributed by atoms with van der Waals surface area (Å²) in [6, 6.07) is 25.5. The van der Waals surface area contributed by atoms with Crippen LogP contribution in [0.25, 0.3) is 0 Å². The molecule has 3 rings (SSSR count). The van der Waals surface area contributed by atoms with Crippen molar-refractivity contribution in [1.82, 2.24) is 10.2 Å². The van der Waals surface area contributed by atoms with Crippen molar-refractivity contribution in [3.63, 3.8) is 0 Å². The van der Waals surface area contributed by atoms with Gasteiger partial charge in [0.25, 0.3) is 5.91 Å². The lowest BCUT2D eigenvalue weighted by Gasteiger charge is -2.32. The predicted octanol–water partition coefficient (Wildman–Crippen LogP) is 5.27. The molecule has 0 bridgehead atoms. The van der Waals surface area contributed by atoms with Crippen molar-refractivity contribution in [2.45, 2.75) is 45.3 Å². The molecule has 0 aliphatic rings. The summed E-state index contributed by atoms with van der Waals surface area (Å²) < 4.78 is 5.74. The predicted molar refractivity (Wildman–Crippen MR) is 136 cm³/mol. The second kappa shape index (κ2) is 12.8. The fourth-order valence-electron chi connectivity index (χ4n) is 3.55. The summed E-state index contributed by atoms with van der Waals surface area (Å²) in [5, 5.41) is 3.60. The number of nitrogens with one attached hydrogen (secondary N) is 1. The van der Waals surface area contributed by atoms with Gasteiger partial charge in [0.05, 0.1) is 0 Å².